The molecule has 3 unspecified atom stereocenters. The Labute approximate surface area is 94.4 Å². The van der Waals surface area contributed by atoms with Crippen LogP contribution in [0.1, 0.15) is 20.8 Å². The highest BCUT2D eigenvalue weighted by atomic mass is 16.5. The Morgan fingerprint density at radius 2 is 2.25 bits per heavy atom. The molecule has 0 spiro atoms. The summed E-state index contributed by atoms with van der Waals surface area (Å²) in [4.78, 5) is 24.6. The molecule has 0 aromatic rings. The first-order valence-corrected chi connectivity index (χ1v) is 5.54. The van der Waals surface area contributed by atoms with Gasteiger partial charge in [0.15, 0.2) is 11.8 Å². The van der Waals surface area contributed by atoms with E-state index < -0.39 is 23.7 Å². The maximum Gasteiger partial charge on any atom is 0.230 e. The molecule has 4 atom stereocenters. The molecule has 2 heterocycles. The smallest absolute Gasteiger partial charge is 0.230 e. The molecule has 0 aromatic carbocycles. The number of amides is 1. The van der Waals surface area contributed by atoms with Gasteiger partial charge >= 0.3 is 0 Å². The maximum absolute atomic E-state index is 11.9. The Morgan fingerprint density at radius 1 is 1.62 bits per heavy atom. The van der Waals surface area contributed by atoms with Crippen molar-refractivity contribution in [2.24, 2.45) is 11.8 Å². The lowest BCUT2D eigenvalue weighted by Crippen LogP contribution is -2.57. The van der Waals surface area contributed by atoms with Crippen molar-refractivity contribution >= 4 is 12.2 Å². The summed E-state index contributed by atoms with van der Waals surface area (Å²) in [5, 5.41) is 10.1. The molecule has 2 fully saturated rings. The normalized spacial score (nSPS) is 42.9. The van der Waals surface area contributed by atoms with Crippen molar-refractivity contribution in [3.05, 3.63) is 0 Å². The Kier molecular flexibility index (Phi) is 2.55. The minimum absolute atomic E-state index is 0.0722. The first-order valence-electron chi connectivity index (χ1n) is 5.54. The molecule has 5 nitrogen and oxygen atoms in total. The molecule has 0 bridgehead atoms. The van der Waals surface area contributed by atoms with E-state index in [1.807, 2.05) is 13.8 Å². The van der Waals surface area contributed by atoms with Crippen LogP contribution in [0.5, 0.6) is 0 Å². The Bertz CT molecular complexity index is 330. The zero-order valence-electron chi connectivity index (χ0n) is 9.71. The van der Waals surface area contributed by atoms with Gasteiger partial charge < -0.3 is 19.5 Å². The first kappa shape index (κ1) is 11.5. The van der Waals surface area contributed by atoms with E-state index in [0.29, 0.717) is 6.29 Å². The van der Waals surface area contributed by atoms with Gasteiger partial charge in [0.2, 0.25) is 5.91 Å². The highest BCUT2D eigenvalue weighted by molar-refractivity contribution is 5.90. The topological polar surface area (TPSA) is 66.8 Å². The van der Waals surface area contributed by atoms with Crippen molar-refractivity contribution in [1.29, 1.82) is 0 Å². The fourth-order valence-corrected chi connectivity index (χ4v) is 2.84. The average Bonchev–Trinajstić information content (AvgIpc) is 2.72. The summed E-state index contributed by atoms with van der Waals surface area (Å²) in [6, 6.07) is 0. The van der Waals surface area contributed by atoms with Crippen LogP contribution in [0.4, 0.5) is 0 Å². The molecule has 0 aliphatic carbocycles. The lowest BCUT2D eigenvalue weighted by Gasteiger charge is -2.34. The summed E-state index contributed by atoms with van der Waals surface area (Å²) in [5.41, 5.74) is -1.18. The molecule has 2 aliphatic heterocycles. The third-order valence-corrected chi connectivity index (χ3v) is 3.70. The van der Waals surface area contributed by atoms with Gasteiger partial charge in [-0.2, -0.15) is 0 Å². The van der Waals surface area contributed by atoms with Crippen molar-refractivity contribution < 1.29 is 19.4 Å². The maximum atomic E-state index is 11.9. The molecule has 2 saturated heterocycles. The van der Waals surface area contributed by atoms with E-state index in [1.54, 1.807) is 6.92 Å². The SMILES string of the molecule is CC(C)C1OCN2C(=O)C(C)C(O)[C@]12C=O. The van der Waals surface area contributed by atoms with Gasteiger partial charge in [-0.15, -0.1) is 0 Å². The molecule has 90 valence electrons. The second-order valence-electron chi connectivity index (χ2n) is 4.97. The van der Waals surface area contributed by atoms with E-state index in [0.717, 1.165) is 0 Å². The van der Waals surface area contributed by atoms with Crippen LogP contribution in [0.25, 0.3) is 0 Å². The Morgan fingerprint density at radius 3 is 2.75 bits per heavy atom. The molecule has 2 aliphatic rings. The van der Waals surface area contributed by atoms with E-state index in [1.165, 1.54) is 4.90 Å². The van der Waals surface area contributed by atoms with Gasteiger partial charge in [-0.1, -0.05) is 20.8 Å². The van der Waals surface area contributed by atoms with Crippen LogP contribution in [-0.2, 0) is 14.3 Å². The van der Waals surface area contributed by atoms with Gasteiger partial charge in [0.25, 0.3) is 0 Å². The monoisotopic (exact) mass is 227 g/mol. The fraction of sp³-hybridized carbons (Fsp3) is 0.818. The second kappa shape index (κ2) is 3.53. The minimum Gasteiger partial charge on any atom is -0.389 e. The van der Waals surface area contributed by atoms with Gasteiger partial charge in [0, 0.05) is 0 Å². The number of ether oxygens (including phenoxy) is 1. The number of aliphatic hydroxyl groups excluding tert-OH is 1. The summed E-state index contributed by atoms with van der Waals surface area (Å²) in [7, 11) is 0. The van der Waals surface area contributed by atoms with Crippen LogP contribution in [0.2, 0.25) is 0 Å². The van der Waals surface area contributed by atoms with Crippen molar-refractivity contribution in [2.45, 2.75) is 38.5 Å². The fourth-order valence-electron chi connectivity index (χ4n) is 2.84. The van der Waals surface area contributed by atoms with Crippen molar-refractivity contribution in [3.8, 4) is 0 Å². The summed E-state index contributed by atoms with van der Waals surface area (Å²) in [6.07, 6.45) is -0.724. The van der Waals surface area contributed by atoms with E-state index in [4.69, 9.17) is 4.74 Å². The number of nitrogens with zero attached hydrogens (tertiary/aromatic N) is 1. The summed E-state index contributed by atoms with van der Waals surface area (Å²) >= 11 is 0. The lowest BCUT2D eigenvalue weighted by molar-refractivity contribution is -0.135. The van der Waals surface area contributed by atoms with Gasteiger partial charge in [-0.05, 0) is 5.92 Å². The molecule has 0 saturated carbocycles. The molecule has 0 aromatic heterocycles. The lowest BCUT2D eigenvalue weighted by atomic mass is 9.81. The number of hydrogen-bond donors (Lipinski definition) is 1. The predicted octanol–water partition coefficient (Wildman–Crippen LogP) is -0.224. The van der Waals surface area contributed by atoms with Gasteiger partial charge in [0.05, 0.1) is 18.1 Å². The van der Waals surface area contributed by atoms with Crippen LogP contribution in [0.15, 0.2) is 0 Å². The van der Waals surface area contributed by atoms with E-state index in [9.17, 15) is 14.7 Å². The van der Waals surface area contributed by atoms with Crippen LogP contribution < -0.4 is 0 Å². The number of fused-ring (bicyclic) bond motifs is 1. The quantitative estimate of drug-likeness (QED) is 0.662. The molecule has 0 radical (unpaired) electrons. The van der Waals surface area contributed by atoms with E-state index >= 15 is 0 Å². The van der Waals surface area contributed by atoms with Crippen molar-refractivity contribution in [2.75, 3.05) is 6.73 Å². The molecule has 16 heavy (non-hydrogen) atoms. The van der Waals surface area contributed by atoms with Crippen LogP contribution in [0.3, 0.4) is 0 Å². The van der Waals surface area contributed by atoms with E-state index in [-0.39, 0.29) is 18.6 Å². The molecule has 2 rings (SSSR count). The number of aliphatic hydroxyl groups is 1. The van der Waals surface area contributed by atoms with Gasteiger partial charge in [-0.3, -0.25) is 4.79 Å². The van der Waals surface area contributed by atoms with Gasteiger partial charge in [-0.25, -0.2) is 0 Å². The molecule has 1 amide bonds. The standard InChI is InChI=1S/C11H17NO4/c1-6(2)9-11(4-13)8(14)7(3)10(15)12(11)5-16-9/h4,6-9,14H,5H2,1-3H3/t7?,8?,9?,11-/m1/s1. The molecular formula is C11H17NO4. The molecule has 5 heteroatoms. The highest BCUT2D eigenvalue weighted by Gasteiger charge is 2.65. The van der Waals surface area contributed by atoms with Crippen LogP contribution in [0, 0.1) is 11.8 Å². The van der Waals surface area contributed by atoms with Crippen molar-refractivity contribution in [3.63, 3.8) is 0 Å². The van der Waals surface area contributed by atoms with Crippen LogP contribution in [-0.4, -0.2) is 46.7 Å². The number of carbonyl (C=O) groups is 2. The Hall–Kier alpha value is -0.940. The largest absolute Gasteiger partial charge is 0.389 e. The summed E-state index contributed by atoms with van der Waals surface area (Å²) in [5.74, 6) is -0.666. The van der Waals surface area contributed by atoms with Crippen LogP contribution >= 0.6 is 0 Å². The third kappa shape index (κ3) is 1.13. The highest BCUT2D eigenvalue weighted by Crippen LogP contribution is 2.43. The average molecular weight is 227 g/mol. The number of rotatable bonds is 2. The summed E-state index contributed by atoms with van der Waals surface area (Å²) < 4.78 is 5.48. The first-order chi connectivity index (χ1) is 7.46. The molecular weight excluding hydrogens is 210 g/mol. The van der Waals surface area contributed by atoms with E-state index in [2.05, 4.69) is 0 Å². The summed E-state index contributed by atoms with van der Waals surface area (Å²) in [6.45, 7) is 5.58. The zero-order chi connectivity index (χ0) is 12.1. The van der Waals surface area contributed by atoms with Crippen molar-refractivity contribution in [1.82, 2.24) is 4.90 Å². The number of aldehydes is 1. The zero-order valence-corrected chi connectivity index (χ0v) is 9.71. The second-order valence-corrected chi connectivity index (χ2v) is 4.97. The number of hydrogen-bond acceptors (Lipinski definition) is 4. The predicted molar refractivity (Wildman–Crippen MR) is 55.4 cm³/mol. The molecule has 1 N–H and O–H groups in total. The third-order valence-electron chi connectivity index (χ3n) is 3.70. The minimum atomic E-state index is -1.18. The Balaban J connectivity index is 2.46. The van der Waals surface area contributed by atoms with Gasteiger partial charge in [0.1, 0.15) is 6.73 Å². The number of carbonyl (C=O) groups excluding carboxylic acids is 2.